The number of likely N-dealkylation sites (tertiary alicyclic amines) is 1. The highest BCUT2D eigenvalue weighted by Crippen LogP contribution is 2.50. The largest absolute Gasteiger partial charge is 0.324 e. The molecule has 1 saturated carbocycles. The number of nitrogens with zero attached hydrogens (tertiary/aromatic N) is 1. The van der Waals surface area contributed by atoms with Gasteiger partial charge in [-0.05, 0) is 54.7 Å². The first-order valence-electron chi connectivity index (χ1n) is 9.06. The fourth-order valence-electron chi connectivity index (χ4n) is 3.80. The van der Waals surface area contributed by atoms with Crippen LogP contribution in [0, 0.1) is 17.7 Å². The van der Waals surface area contributed by atoms with Crippen LogP contribution in [-0.4, -0.2) is 24.0 Å². The van der Waals surface area contributed by atoms with Crippen LogP contribution >= 0.6 is 0 Å². The second-order valence-corrected chi connectivity index (χ2v) is 7.27. The van der Waals surface area contributed by atoms with Crippen molar-refractivity contribution in [1.29, 1.82) is 0 Å². The van der Waals surface area contributed by atoms with Crippen LogP contribution in [0.1, 0.15) is 30.7 Å². The zero-order valence-electron chi connectivity index (χ0n) is 14.2. The van der Waals surface area contributed by atoms with Crippen LogP contribution in [0.5, 0.6) is 0 Å². The van der Waals surface area contributed by atoms with Crippen LogP contribution in [0.3, 0.4) is 0 Å². The molecule has 130 valence electrons. The summed E-state index contributed by atoms with van der Waals surface area (Å²) in [5.41, 5.74) is 1.71. The molecule has 2 aliphatic rings. The van der Waals surface area contributed by atoms with Crippen LogP contribution in [-0.2, 0) is 0 Å². The lowest BCUT2D eigenvalue weighted by Crippen LogP contribution is -2.51. The molecule has 25 heavy (non-hydrogen) atoms. The molecule has 0 radical (unpaired) electrons. The number of carbonyl (C=O) groups excluding carboxylic acids is 1. The molecule has 0 aromatic heterocycles. The number of hydrogen-bond donors (Lipinski definition) is 1. The van der Waals surface area contributed by atoms with Crippen LogP contribution < -0.4 is 5.32 Å². The highest BCUT2D eigenvalue weighted by molar-refractivity contribution is 5.89. The van der Waals surface area contributed by atoms with Gasteiger partial charge in [-0.2, -0.15) is 0 Å². The van der Waals surface area contributed by atoms with Crippen molar-refractivity contribution in [2.75, 3.05) is 18.4 Å². The molecule has 2 aromatic rings. The molecule has 4 rings (SSSR count). The number of anilines is 1. The monoisotopic (exact) mass is 338 g/mol. The molecule has 2 amide bonds. The first-order valence-corrected chi connectivity index (χ1v) is 9.06. The Kier molecular flexibility index (Phi) is 4.43. The third-order valence-corrected chi connectivity index (χ3v) is 5.46. The van der Waals surface area contributed by atoms with Gasteiger partial charge in [0.2, 0.25) is 0 Å². The van der Waals surface area contributed by atoms with E-state index in [-0.39, 0.29) is 11.7 Å². The van der Waals surface area contributed by atoms with Gasteiger partial charge in [-0.3, -0.25) is 0 Å². The van der Waals surface area contributed by atoms with E-state index in [1.54, 1.807) is 23.1 Å². The SMILES string of the molecule is O=C(Nc1ccccc1F)N1CC(CCC2CC2c2ccccc2)C1. The van der Waals surface area contributed by atoms with Gasteiger partial charge in [0.05, 0.1) is 5.69 Å². The van der Waals surface area contributed by atoms with Gasteiger partial charge in [0.15, 0.2) is 0 Å². The van der Waals surface area contributed by atoms with E-state index in [9.17, 15) is 9.18 Å². The summed E-state index contributed by atoms with van der Waals surface area (Å²) in [4.78, 5) is 13.9. The van der Waals surface area contributed by atoms with Gasteiger partial charge in [0.1, 0.15) is 5.82 Å². The van der Waals surface area contributed by atoms with Gasteiger partial charge in [-0.1, -0.05) is 42.5 Å². The normalized spacial score (nSPS) is 22.4. The minimum absolute atomic E-state index is 0.199. The lowest BCUT2D eigenvalue weighted by atomic mass is 9.93. The average Bonchev–Trinajstić information content (AvgIpc) is 3.36. The zero-order chi connectivity index (χ0) is 17.2. The number of para-hydroxylation sites is 1. The molecular formula is C21H23FN2O. The molecule has 1 heterocycles. The molecule has 1 saturated heterocycles. The fraction of sp³-hybridized carbons (Fsp3) is 0.381. The lowest BCUT2D eigenvalue weighted by molar-refractivity contribution is 0.123. The van der Waals surface area contributed by atoms with Crippen molar-refractivity contribution >= 4 is 11.7 Å². The maximum Gasteiger partial charge on any atom is 0.321 e. The van der Waals surface area contributed by atoms with Crippen LogP contribution in [0.2, 0.25) is 0 Å². The molecule has 4 heteroatoms. The van der Waals surface area contributed by atoms with Gasteiger partial charge in [-0.25, -0.2) is 9.18 Å². The number of urea groups is 1. The summed E-state index contributed by atoms with van der Waals surface area (Å²) in [6.07, 6.45) is 3.72. The quantitative estimate of drug-likeness (QED) is 0.828. The molecule has 3 nitrogen and oxygen atoms in total. The Hall–Kier alpha value is -2.36. The number of rotatable bonds is 5. The van der Waals surface area contributed by atoms with Gasteiger partial charge in [-0.15, -0.1) is 0 Å². The van der Waals surface area contributed by atoms with E-state index in [1.165, 1.54) is 30.9 Å². The topological polar surface area (TPSA) is 32.3 Å². The summed E-state index contributed by atoms with van der Waals surface area (Å²) in [5, 5.41) is 2.65. The fourth-order valence-corrected chi connectivity index (χ4v) is 3.80. The molecule has 1 aliphatic carbocycles. The van der Waals surface area contributed by atoms with Gasteiger partial charge >= 0.3 is 6.03 Å². The van der Waals surface area contributed by atoms with Crippen molar-refractivity contribution in [2.24, 2.45) is 11.8 Å². The van der Waals surface area contributed by atoms with E-state index >= 15 is 0 Å². The Balaban J connectivity index is 1.18. The minimum atomic E-state index is -0.395. The molecule has 2 aromatic carbocycles. The number of nitrogens with one attached hydrogen (secondary N) is 1. The van der Waals surface area contributed by atoms with Crippen molar-refractivity contribution < 1.29 is 9.18 Å². The predicted octanol–water partition coefficient (Wildman–Crippen LogP) is 4.87. The standard InChI is InChI=1S/C21H23FN2O/c22-19-8-4-5-9-20(19)23-21(25)24-13-15(14-24)10-11-17-12-18(17)16-6-2-1-3-7-16/h1-9,15,17-18H,10-14H2,(H,23,25). The number of hydrogen-bond acceptors (Lipinski definition) is 1. The summed E-state index contributed by atoms with van der Waals surface area (Å²) < 4.78 is 13.6. The van der Waals surface area contributed by atoms with E-state index in [0.717, 1.165) is 24.9 Å². The summed E-state index contributed by atoms with van der Waals surface area (Å²) >= 11 is 0. The number of carbonyl (C=O) groups is 1. The smallest absolute Gasteiger partial charge is 0.321 e. The minimum Gasteiger partial charge on any atom is -0.324 e. The first kappa shape index (κ1) is 16.1. The van der Waals surface area contributed by atoms with Crippen molar-refractivity contribution in [3.63, 3.8) is 0 Å². The molecule has 0 bridgehead atoms. The predicted molar refractivity (Wildman–Crippen MR) is 97.0 cm³/mol. The number of halogens is 1. The summed E-state index contributed by atoms with van der Waals surface area (Å²) in [7, 11) is 0. The van der Waals surface area contributed by atoms with E-state index in [2.05, 4.69) is 35.6 Å². The molecule has 0 spiro atoms. The number of amides is 2. The second kappa shape index (κ2) is 6.87. The summed E-state index contributed by atoms with van der Waals surface area (Å²) in [5.74, 6) is 1.74. The average molecular weight is 338 g/mol. The third-order valence-electron chi connectivity index (χ3n) is 5.46. The third kappa shape index (κ3) is 3.68. The van der Waals surface area contributed by atoms with Crippen molar-refractivity contribution in [3.8, 4) is 0 Å². The second-order valence-electron chi connectivity index (χ2n) is 7.27. The maximum atomic E-state index is 13.6. The summed E-state index contributed by atoms with van der Waals surface area (Å²) in [6, 6.07) is 16.8. The van der Waals surface area contributed by atoms with Gasteiger partial charge in [0.25, 0.3) is 0 Å². The van der Waals surface area contributed by atoms with Gasteiger partial charge in [0, 0.05) is 13.1 Å². The molecule has 2 atom stereocenters. The molecule has 2 unspecified atom stereocenters. The van der Waals surface area contributed by atoms with Crippen LogP contribution in [0.4, 0.5) is 14.9 Å². The Bertz CT molecular complexity index is 743. The van der Waals surface area contributed by atoms with Crippen LogP contribution in [0.15, 0.2) is 54.6 Å². The Morgan fingerprint density at radius 2 is 1.76 bits per heavy atom. The lowest BCUT2D eigenvalue weighted by Gasteiger charge is -2.39. The summed E-state index contributed by atoms with van der Waals surface area (Å²) in [6.45, 7) is 1.56. The number of benzene rings is 2. The van der Waals surface area contributed by atoms with Crippen molar-refractivity contribution in [3.05, 3.63) is 66.0 Å². The molecule has 2 fully saturated rings. The van der Waals surface area contributed by atoms with E-state index in [4.69, 9.17) is 0 Å². The Labute approximate surface area is 147 Å². The van der Waals surface area contributed by atoms with Crippen molar-refractivity contribution in [2.45, 2.75) is 25.2 Å². The Morgan fingerprint density at radius 1 is 1.04 bits per heavy atom. The highest BCUT2D eigenvalue weighted by atomic mass is 19.1. The van der Waals surface area contributed by atoms with E-state index in [1.807, 2.05) is 0 Å². The first-order chi connectivity index (χ1) is 12.2. The Morgan fingerprint density at radius 3 is 2.52 bits per heavy atom. The maximum absolute atomic E-state index is 13.6. The molecule has 1 N–H and O–H groups in total. The van der Waals surface area contributed by atoms with Crippen LogP contribution in [0.25, 0.3) is 0 Å². The van der Waals surface area contributed by atoms with E-state index in [0.29, 0.717) is 5.92 Å². The zero-order valence-corrected chi connectivity index (χ0v) is 14.2. The molecule has 1 aliphatic heterocycles. The highest BCUT2D eigenvalue weighted by Gasteiger charge is 2.39. The van der Waals surface area contributed by atoms with Crippen molar-refractivity contribution in [1.82, 2.24) is 4.90 Å². The van der Waals surface area contributed by atoms with E-state index < -0.39 is 5.82 Å². The molecular weight excluding hydrogens is 315 g/mol. The van der Waals surface area contributed by atoms with Gasteiger partial charge < -0.3 is 10.2 Å².